The summed E-state index contributed by atoms with van der Waals surface area (Å²) >= 11 is 9.52. The third-order valence-electron chi connectivity index (χ3n) is 3.23. The van der Waals surface area contributed by atoms with Crippen LogP contribution in [-0.2, 0) is 6.61 Å². The van der Waals surface area contributed by atoms with Gasteiger partial charge in [0.1, 0.15) is 6.61 Å². The Balaban J connectivity index is 1.86. The Hall–Kier alpha value is -1.71. The highest BCUT2D eigenvalue weighted by molar-refractivity contribution is 9.10. The standard InChI is InChI=1S/C17H12BrClO2/c18-14-6-5-13(15(19)9-14)10-21-17-8-12-4-2-1-3-11(12)7-16(17)20/h1-9,20H,10H2. The SMILES string of the molecule is Oc1cc2ccccc2cc1OCc1ccc(Br)cc1Cl. The van der Waals surface area contributed by atoms with Crippen LogP contribution in [0.25, 0.3) is 10.8 Å². The van der Waals surface area contributed by atoms with Crippen molar-refractivity contribution in [3.63, 3.8) is 0 Å². The van der Waals surface area contributed by atoms with Gasteiger partial charge in [0, 0.05) is 15.1 Å². The van der Waals surface area contributed by atoms with Crippen molar-refractivity contribution in [1.29, 1.82) is 0 Å². The molecule has 3 rings (SSSR count). The molecular weight excluding hydrogens is 352 g/mol. The molecule has 0 fully saturated rings. The van der Waals surface area contributed by atoms with Crippen molar-refractivity contribution in [2.24, 2.45) is 0 Å². The highest BCUT2D eigenvalue weighted by atomic mass is 79.9. The average molecular weight is 364 g/mol. The third kappa shape index (κ3) is 3.14. The van der Waals surface area contributed by atoms with Crippen molar-refractivity contribution in [3.8, 4) is 11.5 Å². The van der Waals surface area contributed by atoms with Gasteiger partial charge in [0.25, 0.3) is 0 Å². The molecule has 3 aromatic carbocycles. The molecule has 21 heavy (non-hydrogen) atoms. The first-order valence-corrected chi connectivity index (χ1v) is 7.59. The second-order valence-electron chi connectivity index (χ2n) is 4.69. The largest absolute Gasteiger partial charge is 0.504 e. The van der Waals surface area contributed by atoms with E-state index >= 15 is 0 Å². The lowest BCUT2D eigenvalue weighted by molar-refractivity contribution is 0.289. The quantitative estimate of drug-likeness (QED) is 0.662. The minimum absolute atomic E-state index is 0.127. The molecule has 0 saturated carbocycles. The summed E-state index contributed by atoms with van der Waals surface area (Å²) < 4.78 is 6.62. The fraction of sp³-hybridized carbons (Fsp3) is 0.0588. The van der Waals surface area contributed by atoms with Crippen molar-refractivity contribution in [3.05, 3.63) is 69.7 Å². The molecule has 0 aliphatic rings. The van der Waals surface area contributed by atoms with Crippen LogP contribution < -0.4 is 4.74 Å². The van der Waals surface area contributed by atoms with Crippen LogP contribution in [-0.4, -0.2) is 5.11 Å². The van der Waals surface area contributed by atoms with Crippen molar-refractivity contribution < 1.29 is 9.84 Å². The Morgan fingerprint density at radius 3 is 2.43 bits per heavy atom. The molecule has 0 aliphatic heterocycles. The van der Waals surface area contributed by atoms with Gasteiger partial charge in [-0.2, -0.15) is 0 Å². The van der Waals surface area contributed by atoms with Gasteiger partial charge >= 0.3 is 0 Å². The molecule has 0 bridgehead atoms. The maximum absolute atomic E-state index is 10.0. The van der Waals surface area contributed by atoms with Crippen LogP contribution in [0.5, 0.6) is 11.5 Å². The Labute approximate surface area is 136 Å². The Kier molecular flexibility index (Phi) is 4.04. The van der Waals surface area contributed by atoms with E-state index in [0.717, 1.165) is 20.8 Å². The van der Waals surface area contributed by atoms with Crippen molar-refractivity contribution in [2.75, 3.05) is 0 Å². The van der Waals surface area contributed by atoms with E-state index in [1.165, 1.54) is 0 Å². The molecule has 0 spiro atoms. The van der Waals surface area contributed by atoms with Crippen LogP contribution in [0.3, 0.4) is 0 Å². The monoisotopic (exact) mass is 362 g/mol. The van der Waals surface area contributed by atoms with Gasteiger partial charge in [0.15, 0.2) is 11.5 Å². The fourth-order valence-electron chi connectivity index (χ4n) is 2.12. The normalized spacial score (nSPS) is 10.8. The predicted molar refractivity (Wildman–Crippen MR) is 89.1 cm³/mol. The number of benzene rings is 3. The zero-order valence-corrected chi connectivity index (χ0v) is 13.4. The summed E-state index contributed by atoms with van der Waals surface area (Å²) in [6, 6.07) is 17.0. The minimum Gasteiger partial charge on any atom is -0.504 e. The molecule has 0 radical (unpaired) electrons. The number of fused-ring (bicyclic) bond motifs is 1. The average Bonchev–Trinajstić information content (AvgIpc) is 2.46. The van der Waals surface area contributed by atoms with E-state index in [4.69, 9.17) is 16.3 Å². The minimum atomic E-state index is 0.127. The van der Waals surface area contributed by atoms with Crippen LogP contribution in [0.4, 0.5) is 0 Å². The molecule has 0 amide bonds. The van der Waals surface area contributed by atoms with Gasteiger partial charge in [-0.1, -0.05) is 57.9 Å². The summed E-state index contributed by atoms with van der Waals surface area (Å²) in [5.41, 5.74) is 0.868. The molecule has 0 saturated heterocycles. The zero-order valence-electron chi connectivity index (χ0n) is 11.0. The molecule has 3 aromatic rings. The zero-order chi connectivity index (χ0) is 14.8. The maximum Gasteiger partial charge on any atom is 0.162 e. The fourth-order valence-corrected chi connectivity index (χ4v) is 2.85. The molecule has 2 nitrogen and oxygen atoms in total. The molecule has 0 aromatic heterocycles. The van der Waals surface area contributed by atoms with E-state index < -0.39 is 0 Å². The van der Waals surface area contributed by atoms with Gasteiger partial charge in [0.05, 0.1) is 0 Å². The van der Waals surface area contributed by atoms with Gasteiger partial charge in [-0.25, -0.2) is 0 Å². The number of rotatable bonds is 3. The first kappa shape index (κ1) is 14.2. The number of phenols is 1. The number of aromatic hydroxyl groups is 1. The Bertz CT molecular complexity index is 802. The number of halogens is 2. The van der Waals surface area contributed by atoms with E-state index in [2.05, 4.69) is 15.9 Å². The van der Waals surface area contributed by atoms with Crippen LogP contribution in [0.1, 0.15) is 5.56 Å². The van der Waals surface area contributed by atoms with Crippen molar-refractivity contribution in [2.45, 2.75) is 6.61 Å². The Morgan fingerprint density at radius 2 is 1.71 bits per heavy atom. The van der Waals surface area contributed by atoms with Gasteiger partial charge in [-0.15, -0.1) is 0 Å². The van der Waals surface area contributed by atoms with E-state index in [1.54, 1.807) is 6.07 Å². The first-order chi connectivity index (χ1) is 10.1. The summed E-state index contributed by atoms with van der Waals surface area (Å²) in [5, 5.41) is 12.7. The lowest BCUT2D eigenvalue weighted by atomic mass is 10.1. The van der Waals surface area contributed by atoms with E-state index in [-0.39, 0.29) is 5.75 Å². The summed E-state index contributed by atoms with van der Waals surface area (Å²) in [6.07, 6.45) is 0. The molecule has 0 atom stereocenters. The lowest BCUT2D eigenvalue weighted by Crippen LogP contribution is -1.96. The molecule has 106 valence electrons. The second-order valence-corrected chi connectivity index (χ2v) is 6.01. The van der Waals surface area contributed by atoms with Crippen molar-refractivity contribution >= 4 is 38.3 Å². The highest BCUT2D eigenvalue weighted by Crippen LogP contribution is 2.32. The molecule has 0 aliphatic carbocycles. The molecule has 4 heteroatoms. The van der Waals surface area contributed by atoms with E-state index in [9.17, 15) is 5.11 Å². The third-order valence-corrected chi connectivity index (χ3v) is 4.07. The molecular formula is C17H12BrClO2. The Morgan fingerprint density at radius 1 is 1.00 bits per heavy atom. The van der Waals surface area contributed by atoms with E-state index in [1.807, 2.05) is 48.5 Å². The molecule has 1 N–H and O–H groups in total. The topological polar surface area (TPSA) is 29.5 Å². The number of ether oxygens (including phenoxy) is 1. The number of phenolic OH excluding ortho intramolecular Hbond substituents is 1. The predicted octanol–water partition coefficient (Wildman–Crippen LogP) is 5.54. The van der Waals surface area contributed by atoms with Gasteiger partial charge in [0.2, 0.25) is 0 Å². The first-order valence-electron chi connectivity index (χ1n) is 6.42. The van der Waals surface area contributed by atoms with Gasteiger partial charge in [-0.05, 0) is 35.0 Å². The number of hydrogen-bond donors (Lipinski definition) is 1. The van der Waals surface area contributed by atoms with E-state index in [0.29, 0.717) is 17.4 Å². The highest BCUT2D eigenvalue weighted by Gasteiger charge is 2.07. The number of hydrogen-bond acceptors (Lipinski definition) is 2. The van der Waals surface area contributed by atoms with Crippen LogP contribution in [0.2, 0.25) is 5.02 Å². The summed E-state index contributed by atoms with van der Waals surface area (Å²) in [5.74, 6) is 0.578. The van der Waals surface area contributed by atoms with Gasteiger partial charge in [-0.3, -0.25) is 0 Å². The van der Waals surface area contributed by atoms with Gasteiger partial charge < -0.3 is 9.84 Å². The summed E-state index contributed by atoms with van der Waals surface area (Å²) in [4.78, 5) is 0. The van der Waals surface area contributed by atoms with Crippen LogP contribution in [0, 0.1) is 0 Å². The lowest BCUT2D eigenvalue weighted by Gasteiger charge is -2.11. The second kappa shape index (κ2) is 5.96. The van der Waals surface area contributed by atoms with Crippen molar-refractivity contribution in [1.82, 2.24) is 0 Å². The summed E-state index contributed by atoms with van der Waals surface area (Å²) in [7, 11) is 0. The van der Waals surface area contributed by atoms with Crippen LogP contribution in [0.15, 0.2) is 59.1 Å². The maximum atomic E-state index is 10.0. The summed E-state index contributed by atoms with van der Waals surface area (Å²) in [6.45, 7) is 0.304. The molecule has 0 unspecified atom stereocenters. The smallest absolute Gasteiger partial charge is 0.162 e. The van der Waals surface area contributed by atoms with Crippen LogP contribution >= 0.6 is 27.5 Å². The molecule has 0 heterocycles.